The number of ether oxygens (including phenoxy) is 1. The summed E-state index contributed by atoms with van der Waals surface area (Å²) in [5.41, 5.74) is 0. The summed E-state index contributed by atoms with van der Waals surface area (Å²) in [5, 5.41) is 15.4. The summed E-state index contributed by atoms with van der Waals surface area (Å²) in [6.45, 7) is 18.2. The molecule has 22 radical (unpaired) electrons. The first kappa shape index (κ1) is 55.8. The largest absolute Gasteiger partial charge is 3.00 e. The van der Waals surface area contributed by atoms with Gasteiger partial charge in [0, 0.05) is 25.1 Å². The molecule has 0 aromatic carbocycles. The number of anilines is 2. The Bertz CT molecular complexity index is 839. The van der Waals surface area contributed by atoms with Gasteiger partial charge >= 0.3 is 93.8 Å². The van der Waals surface area contributed by atoms with Crippen LogP contribution in [0.2, 0.25) is 0 Å². The van der Waals surface area contributed by atoms with Crippen molar-refractivity contribution < 1.29 is 98.6 Å². The van der Waals surface area contributed by atoms with Crippen molar-refractivity contribution in [2.45, 2.75) is 92.4 Å². The maximum Gasteiger partial charge on any atom is 3.00 e. The van der Waals surface area contributed by atoms with E-state index in [0.29, 0.717) is 23.6 Å². The molecule has 6 rings (SSSR count). The first-order valence-corrected chi connectivity index (χ1v) is 18.0. The third kappa shape index (κ3) is 38.0. The molecule has 2 heterocycles. The molecule has 1 aliphatic heterocycles. The van der Waals surface area contributed by atoms with Crippen LogP contribution in [0.4, 0.5) is 11.6 Å². The zero-order valence-electron chi connectivity index (χ0n) is 32.6. The monoisotopic (exact) mass is 1040 g/mol. The minimum Gasteiger partial charge on any atom is -0.397 e. The van der Waals surface area contributed by atoms with Gasteiger partial charge in [0.05, 0.1) is 11.6 Å². The van der Waals surface area contributed by atoms with Crippen molar-refractivity contribution in [2.24, 2.45) is 9.98 Å². The Morgan fingerprint density at radius 1 is 0.509 bits per heavy atom. The van der Waals surface area contributed by atoms with Crippen molar-refractivity contribution in [1.29, 1.82) is 0 Å². The standard InChI is InChI=1S/C19H33N7.4C5H5.C4H8O.2Yb/c1-12(2)20-18(21-13(3)4)25-16-10-9-11-17(24-16)26-19(22-14(5)6)23-15(7)8;5*1-2-4-5-3-1;;/h9-15H,1-8H3,(H2-2,20,21,22,23,24,25,26);4*1-5H;1-4H2;;/q-2;;;;;;2*+3. The average molecular weight is 1040 g/mol. The molecule has 8 nitrogen and oxygen atoms in total. The van der Waals surface area contributed by atoms with E-state index in [1.54, 1.807) is 0 Å². The number of guanidine groups is 2. The van der Waals surface area contributed by atoms with E-state index >= 15 is 0 Å². The van der Waals surface area contributed by atoms with Gasteiger partial charge in [-0.05, 0) is 178 Å². The maximum atomic E-state index is 4.94. The number of hydrogen-bond donors (Lipinski definition) is 2. The summed E-state index contributed by atoms with van der Waals surface area (Å²) in [5.74, 6) is 2.52. The fraction of sp³-hybridized carbons (Fsp3) is 0.372. The summed E-state index contributed by atoms with van der Waals surface area (Å²) in [4.78, 5) is 13.6. The van der Waals surface area contributed by atoms with Crippen LogP contribution in [0.1, 0.15) is 68.2 Å². The molecule has 4 aliphatic carbocycles. The second-order valence-corrected chi connectivity index (χ2v) is 12.4. The Morgan fingerprint density at radius 3 is 0.962 bits per heavy atom. The number of aromatic nitrogens is 1. The average Bonchev–Trinajstić information content (AvgIpc) is 3.92. The van der Waals surface area contributed by atoms with Gasteiger partial charge in [0.1, 0.15) is 0 Å². The molecule has 298 valence electrons. The summed E-state index contributed by atoms with van der Waals surface area (Å²) >= 11 is 0. The molecule has 1 aromatic heterocycles. The first-order valence-electron chi connectivity index (χ1n) is 18.0. The van der Waals surface area contributed by atoms with Gasteiger partial charge in [0.25, 0.3) is 0 Å². The molecular formula is C43H61N7OYb2+4. The molecule has 1 saturated heterocycles. The molecule has 2 N–H and O–H groups in total. The molecule has 0 bridgehead atoms. The van der Waals surface area contributed by atoms with Gasteiger partial charge in [-0.25, -0.2) is 4.98 Å². The Kier molecular flexibility index (Phi) is 41.6. The second kappa shape index (κ2) is 39.5. The minimum atomic E-state index is 0. The number of nitrogens with one attached hydrogen (secondary N) is 2. The Hall–Kier alpha value is 0.689. The van der Waals surface area contributed by atoms with Crippen LogP contribution >= 0.6 is 0 Å². The van der Waals surface area contributed by atoms with E-state index in [1.807, 2.05) is 202 Å². The molecule has 10 heteroatoms. The molecule has 0 atom stereocenters. The van der Waals surface area contributed by atoms with Crippen LogP contribution < -0.4 is 10.6 Å². The summed E-state index contributed by atoms with van der Waals surface area (Å²) in [6.07, 6.45) is 42.6. The fourth-order valence-corrected chi connectivity index (χ4v) is 3.77. The van der Waals surface area contributed by atoms with Gasteiger partial charge in [-0.15, -0.1) is 0 Å². The van der Waals surface area contributed by atoms with Gasteiger partial charge in [-0.1, -0.05) is 61.5 Å². The Labute approximate surface area is 405 Å². The SMILES string of the molecule is C1CCOC1.CC(C)N=C([N-]C(C)C)Nc1cccc(NC(=NC(C)C)[N-]C(C)C)n1.[CH]1[CH][CH][CH][CH]1.[CH]1[CH][CH][CH][CH]1.[CH]1[CH][CH][CH][CH]1.[CH]1[CH][CH][CH][CH]1.[Yb+3].[Yb+3]. The Morgan fingerprint density at radius 2 is 0.774 bits per heavy atom. The molecule has 0 unspecified atom stereocenters. The van der Waals surface area contributed by atoms with Crippen molar-refractivity contribution >= 4 is 23.6 Å². The Balaban J connectivity index is 0. The van der Waals surface area contributed by atoms with Gasteiger partial charge in [-0.3, -0.25) is 0 Å². The molecule has 0 amide bonds. The molecule has 5 aliphatic rings. The number of nitrogens with zero attached hydrogens (tertiary/aromatic N) is 5. The number of pyridine rings is 1. The van der Waals surface area contributed by atoms with Gasteiger partial charge in [0.2, 0.25) is 0 Å². The number of aliphatic imine (C=N–C) groups is 2. The quantitative estimate of drug-likeness (QED) is 0.219. The van der Waals surface area contributed by atoms with E-state index in [1.165, 1.54) is 12.8 Å². The third-order valence-corrected chi connectivity index (χ3v) is 5.80. The van der Waals surface area contributed by atoms with Crippen molar-refractivity contribution in [2.75, 3.05) is 23.8 Å². The predicted octanol–water partition coefficient (Wildman–Crippen LogP) is 9.88. The zero-order chi connectivity index (χ0) is 37.4. The zero-order valence-corrected chi connectivity index (χ0v) is 36.0. The molecule has 1 aromatic rings. The van der Waals surface area contributed by atoms with Crippen LogP contribution in [0.25, 0.3) is 10.6 Å². The van der Waals surface area contributed by atoms with Crippen LogP contribution in [0, 0.1) is 222 Å². The van der Waals surface area contributed by atoms with E-state index in [4.69, 9.17) is 4.74 Å². The van der Waals surface area contributed by atoms with E-state index in [-0.39, 0.29) is 118 Å². The first-order chi connectivity index (χ1) is 24.7. The topological polar surface area (TPSA) is 99.1 Å². The minimum absolute atomic E-state index is 0. The maximum absolute atomic E-state index is 4.94. The summed E-state index contributed by atoms with van der Waals surface area (Å²) in [7, 11) is 0. The molecule has 0 spiro atoms. The van der Waals surface area contributed by atoms with E-state index in [0.717, 1.165) is 13.2 Å². The van der Waals surface area contributed by atoms with Gasteiger partial charge in [0.15, 0.2) is 0 Å². The van der Waals surface area contributed by atoms with Crippen LogP contribution in [-0.2, 0) is 4.74 Å². The molecule has 53 heavy (non-hydrogen) atoms. The predicted molar refractivity (Wildman–Crippen MR) is 220 cm³/mol. The fourth-order valence-electron chi connectivity index (χ4n) is 3.77. The van der Waals surface area contributed by atoms with Crippen LogP contribution in [0.15, 0.2) is 28.2 Å². The van der Waals surface area contributed by atoms with Crippen molar-refractivity contribution in [3.63, 3.8) is 0 Å². The molecule has 4 saturated carbocycles. The summed E-state index contributed by atoms with van der Waals surface area (Å²) in [6, 6.07) is 6.28. The van der Waals surface area contributed by atoms with E-state index < -0.39 is 0 Å². The number of hydrogen-bond acceptors (Lipinski definition) is 4. The molecule has 5 fully saturated rings. The summed E-state index contributed by atoms with van der Waals surface area (Å²) < 4.78 is 4.94. The van der Waals surface area contributed by atoms with Crippen molar-refractivity contribution in [1.82, 2.24) is 4.98 Å². The smallest absolute Gasteiger partial charge is 0.397 e. The van der Waals surface area contributed by atoms with E-state index in [9.17, 15) is 0 Å². The van der Waals surface area contributed by atoms with Gasteiger partial charge < -0.3 is 36.0 Å². The number of rotatable bonds is 6. The van der Waals surface area contributed by atoms with Crippen LogP contribution in [-0.4, -0.2) is 54.3 Å². The van der Waals surface area contributed by atoms with Gasteiger partial charge in [-0.2, -0.15) is 0 Å². The second-order valence-electron chi connectivity index (χ2n) is 12.4. The van der Waals surface area contributed by atoms with Crippen LogP contribution in [0.3, 0.4) is 0 Å². The van der Waals surface area contributed by atoms with Crippen molar-refractivity contribution in [3.8, 4) is 0 Å². The van der Waals surface area contributed by atoms with E-state index in [2.05, 4.69) is 36.2 Å². The third-order valence-electron chi connectivity index (χ3n) is 5.80. The normalized spacial score (nSPS) is 17.7. The van der Waals surface area contributed by atoms with Crippen molar-refractivity contribution in [3.05, 3.63) is 157 Å². The van der Waals surface area contributed by atoms with Crippen LogP contribution in [0.5, 0.6) is 0 Å². The molecular weight excluding hydrogens is 977 g/mol.